The number of amides is 1. The van der Waals surface area contributed by atoms with Gasteiger partial charge in [0.2, 0.25) is 0 Å². The highest BCUT2D eigenvalue weighted by molar-refractivity contribution is 5.93. The third-order valence-electron chi connectivity index (χ3n) is 6.09. The van der Waals surface area contributed by atoms with E-state index in [2.05, 4.69) is 26.9 Å². The van der Waals surface area contributed by atoms with Gasteiger partial charge in [0.15, 0.2) is 5.82 Å². The fourth-order valence-electron chi connectivity index (χ4n) is 4.45. The fraction of sp³-hybridized carbons (Fsp3) is 0.500. The van der Waals surface area contributed by atoms with Gasteiger partial charge >= 0.3 is 0 Å². The summed E-state index contributed by atoms with van der Waals surface area (Å²) < 4.78 is 0. The number of carbonyl (C=O) groups is 1. The van der Waals surface area contributed by atoms with Crippen molar-refractivity contribution in [1.29, 1.82) is 0 Å². The van der Waals surface area contributed by atoms with Crippen LogP contribution in [0.1, 0.15) is 29.6 Å². The highest BCUT2D eigenvalue weighted by Gasteiger charge is 2.47. The van der Waals surface area contributed by atoms with Crippen LogP contribution in [0.5, 0.6) is 0 Å². The molecule has 2 aromatic heterocycles. The molecule has 2 aliphatic heterocycles. The van der Waals surface area contributed by atoms with Gasteiger partial charge in [-0.1, -0.05) is 6.07 Å². The lowest BCUT2D eigenvalue weighted by molar-refractivity contribution is -0.0601. The summed E-state index contributed by atoms with van der Waals surface area (Å²) in [5.41, 5.74) is 1.10. The second kappa shape index (κ2) is 7.32. The number of fused-ring (bicyclic) bond motifs is 1. The van der Waals surface area contributed by atoms with Gasteiger partial charge in [0.1, 0.15) is 5.69 Å². The van der Waals surface area contributed by atoms with E-state index in [9.17, 15) is 9.90 Å². The molecule has 0 aromatic carbocycles. The number of piperidine rings is 2. The molecule has 0 radical (unpaired) electrons. The monoisotopic (exact) mass is 367 g/mol. The Morgan fingerprint density at radius 2 is 2.04 bits per heavy atom. The second-order valence-electron chi connectivity index (χ2n) is 7.63. The lowest BCUT2D eigenvalue weighted by Crippen LogP contribution is -2.62. The number of carbonyl (C=O) groups excluding carboxylic acids is 1. The van der Waals surface area contributed by atoms with Crippen molar-refractivity contribution in [3.05, 3.63) is 42.4 Å². The molecule has 27 heavy (non-hydrogen) atoms. The maximum atomic E-state index is 13.0. The Labute approximate surface area is 159 Å². The molecular formula is C20H25N5O2. The highest BCUT2D eigenvalue weighted by atomic mass is 16.3. The number of pyridine rings is 1. The SMILES string of the molecule is CN1CCC[C@]2(CO)CCN(C(=O)c3cnc(-c4ccccn4)nc3)C[C@@H]12. The van der Waals surface area contributed by atoms with Crippen LogP contribution in [0.2, 0.25) is 0 Å². The lowest BCUT2D eigenvalue weighted by atomic mass is 9.69. The smallest absolute Gasteiger partial charge is 0.257 e. The third-order valence-corrected chi connectivity index (χ3v) is 6.09. The molecule has 4 heterocycles. The van der Waals surface area contributed by atoms with Gasteiger partial charge in [-0.25, -0.2) is 9.97 Å². The first-order valence-electron chi connectivity index (χ1n) is 9.47. The van der Waals surface area contributed by atoms with Crippen molar-refractivity contribution in [2.75, 3.05) is 33.3 Å². The number of hydrogen-bond acceptors (Lipinski definition) is 6. The van der Waals surface area contributed by atoms with E-state index in [4.69, 9.17) is 0 Å². The first-order chi connectivity index (χ1) is 13.1. The Hall–Kier alpha value is -2.38. The molecule has 0 bridgehead atoms. The van der Waals surface area contributed by atoms with Crippen LogP contribution in [0.15, 0.2) is 36.8 Å². The summed E-state index contributed by atoms with van der Waals surface area (Å²) in [6.07, 6.45) is 7.82. The van der Waals surface area contributed by atoms with E-state index in [-0.39, 0.29) is 24.0 Å². The Morgan fingerprint density at radius 3 is 2.74 bits per heavy atom. The minimum Gasteiger partial charge on any atom is -0.396 e. The minimum absolute atomic E-state index is 0.0481. The maximum Gasteiger partial charge on any atom is 0.257 e. The molecule has 0 saturated carbocycles. The molecule has 0 unspecified atom stereocenters. The van der Waals surface area contributed by atoms with Crippen LogP contribution in [-0.2, 0) is 0 Å². The van der Waals surface area contributed by atoms with Gasteiger partial charge in [-0.15, -0.1) is 0 Å². The summed E-state index contributed by atoms with van der Waals surface area (Å²) in [7, 11) is 2.09. The molecule has 0 aliphatic carbocycles. The molecule has 1 N–H and O–H groups in total. The summed E-state index contributed by atoms with van der Waals surface area (Å²) in [6.45, 7) is 2.49. The van der Waals surface area contributed by atoms with E-state index in [1.807, 2.05) is 23.1 Å². The van der Waals surface area contributed by atoms with Crippen molar-refractivity contribution in [2.45, 2.75) is 25.3 Å². The van der Waals surface area contributed by atoms with Crippen LogP contribution in [0.3, 0.4) is 0 Å². The van der Waals surface area contributed by atoms with Gasteiger partial charge in [-0.05, 0) is 45.0 Å². The van der Waals surface area contributed by atoms with Gasteiger partial charge in [0, 0.05) is 43.1 Å². The first kappa shape index (κ1) is 18.0. The van der Waals surface area contributed by atoms with Crippen molar-refractivity contribution in [2.24, 2.45) is 5.41 Å². The molecule has 2 aromatic rings. The van der Waals surface area contributed by atoms with E-state index >= 15 is 0 Å². The van der Waals surface area contributed by atoms with Crippen molar-refractivity contribution < 1.29 is 9.90 Å². The second-order valence-corrected chi connectivity index (χ2v) is 7.63. The number of aliphatic hydroxyl groups is 1. The number of likely N-dealkylation sites (N-methyl/N-ethyl adjacent to an activating group) is 1. The quantitative estimate of drug-likeness (QED) is 0.884. The Morgan fingerprint density at radius 1 is 1.22 bits per heavy atom. The molecule has 2 saturated heterocycles. The van der Waals surface area contributed by atoms with E-state index < -0.39 is 0 Å². The minimum atomic E-state index is -0.0802. The highest BCUT2D eigenvalue weighted by Crippen LogP contribution is 2.41. The number of nitrogens with zero attached hydrogens (tertiary/aromatic N) is 5. The maximum absolute atomic E-state index is 13.0. The normalized spacial score (nSPS) is 25.9. The standard InChI is InChI=1S/C20H25N5O2/c1-24-9-4-6-20(14-26)7-10-25(13-17(20)24)19(27)15-11-22-18(23-12-15)16-5-2-3-8-21-16/h2-3,5,8,11-12,17,26H,4,6-7,9-10,13-14H2,1H3/t17-,20-/m1/s1. The summed E-state index contributed by atoms with van der Waals surface area (Å²) in [6, 6.07) is 5.76. The van der Waals surface area contributed by atoms with Gasteiger partial charge in [-0.3, -0.25) is 9.78 Å². The molecule has 2 aliphatic rings. The van der Waals surface area contributed by atoms with Gasteiger partial charge in [0.25, 0.3) is 5.91 Å². The van der Waals surface area contributed by atoms with E-state index in [1.165, 1.54) is 0 Å². The molecule has 7 heteroatoms. The van der Waals surface area contributed by atoms with Crippen LogP contribution < -0.4 is 0 Å². The molecule has 7 nitrogen and oxygen atoms in total. The van der Waals surface area contributed by atoms with Crippen LogP contribution in [0.25, 0.3) is 11.5 Å². The summed E-state index contributed by atoms with van der Waals surface area (Å²) in [4.78, 5) is 30.0. The third kappa shape index (κ3) is 3.33. The topological polar surface area (TPSA) is 82.5 Å². The van der Waals surface area contributed by atoms with E-state index in [0.717, 1.165) is 25.8 Å². The van der Waals surface area contributed by atoms with E-state index in [0.29, 0.717) is 30.2 Å². The zero-order valence-electron chi connectivity index (χ0n) is 15.6. The molecule has 0 spiro atoms. The Balaban J connectivity index is 1.50. The molecule has 1 amide bonds. The van der Waals surface area contributed by atoms with Crippen LogP contribution in [0, 0.1) is 5.41 Å². The lowest BCUT2D eigenvalue weighted by Gasteiger charge is -2.53. The van der Waals surface area contributed by atoms with Crippen molar-refractivity contribution in [3.63, 3.8) is 0 Å². The van der Waals surface area contributed by atoms with Crippen molar-refractivity contribution in [1.82, 2.24) is 24.8 Å². The summed E-state index contributed by atoms with van der Waals surface area (Å²) in [5, 5.41) is 10.0. The average Bonchev–Trinajstić information content (AvgIpc) is 2.74. The van der Waals surface area contributed by atoms with E-state index in [1.54, 1.807) is 18.6 Å². The molecule has 2 fully saturated rings. The molecule has 142 valence electrons. The van der Waals surface area contributed by atoms with Gasteiger partial charge in [0.05, 0.1) is 12.2 Å². The zero-order valence-corrected chi connectivity index (χ0v) is 15.6. The van der Waals surface area contributed by atoms with Crippen molar-refractivity contribution in [3.8, 4) is 11.5 Å². The van der Waals surface area contributed by atoms with Crippen LogP contribution >= 0.6 is 0 Å². The Bertz CT molecular complexity index is 798. The Kier molecular flexibility index (Phi) is 4.88. The summed E-state index contributed by atoms with van der Waals surface area (Å²) in [5.74, 6) is 0.463. The predicted molar refractivity (Wildman–Crippen MR) is 101 cm³/mol. The number of aromatic nitrogens is 3. The van der Waals surface area contributed by atoms with Crippen LogP contribution in [-0.4, -0.2) is 75.1 Å². The number of likely N-dealkylation sites (tertiary alicyclic amines) is 2. The predicted octanol–water partition coefficient (Wildman–Crippen LogP) is 1.46. The zero-order chi connectivity index (χ0) is 18.9. The summed E-state index contributed by atoms with van der Waals surface area (Å²) >= 11 is 0. The first-order valence-corrected chi connectivity index (χ1v) is 9.47. The number of rotatable bonds is 3. The number of aliphatic hydroxyl groups excluding tert-OH is 1. The fourth-order valence-corrected chi connectivity index (χ4v) is 4.45. The molecular weight excluding hydrogens is 342 g/mol. The average molecular weight is 367 g/mol. The largest absolute Gasteiger partial charge is 0.396 e. The van der Waals surface area contributed by atoms with Crippen molar-refractivity contribution >= 4 is 5.91 Å². The van der Waals surface area contributed by atoms with Crippen LogP contribution in [0.4, 0.5) is 0 Å². The van der Waals surface area contributed by atoms with Gasteiger partial charge in [-0.2, -0.15) is 0 Å². The number of hydrogen-bond donors (Lipinski definition) is 1. The molecule has 4 rings (SSSR count). The molecule has 2 atom stereocenters. The van der Waals surface area contributed by atoms with Gasteiger partial charge < -0.3 is 14.9 Å².